The SMILES string of the molecule is Cc1ccc(C(=O)NCCNC(=O)C(CN)c2ccccc2)cc1. The second kappa shape index (κ2) is 8.84. The number of carbonyl (C=O) groups is 2. The Morgan fingerprint density at radius 1 is 0.958 bits per heavy atom. The fraction of sp³-hybridized carbons (Fsp3) is 0.263. The highest BCUT2D eigenvalue weighted by molar-refractivity contribution is 5.94. The predicted molar refractivity (Wildman–Crippen MR) is 94.8 cm³/mol. The molecule has 0 bridgehead atoms. The summed E-state index contributed by atoms with van der Waals surface area (Å²) in [6.07, 6.45) is 0. The van der Waals surface area contributed by atoms with Crippen LogP contribution in [0.25, 0.3) is 0 Å². The summed E-state index contributed by atoms with van der Waals surface area (Å²) in [6, 6.07) is 16.8. The first-order valence-electron chi connectivity index (χ1n) is 7.99. The van der Waals surface area contributed by atoms with Crippen molar-refractivity contribution in [3.05, 3.63) is 71.3 Å². The monoisotopic (exact) mass is 325 g/mol. The van der Waals surface area contributed by atoms with Gasteiger partial charge in [0.15, 0.2) is 0 Å². The first-order chi connectivity index (χ1) is 11.6. The van der Waals surface area contributed by atoms with Gasteiger partial charge in [-0.25, -0.2) is 0 Å². The highest BCUT2D eigenvalue weighted by Gasteiger charge is 2.18. The maximum absolute atomic E-state index is 12.2. The molecule has 0 aromatic heterocycles. The molecule has 4 N–H and O–H groups in total. The largest absolute Gasteiger partial charge is 0.354 e. The van der Waals surface area contributed by atoms with Crippen LogP contribution in [0.4, 0.5) is 0 Å². The molecule has 2 amide bonds. The summed E-state index contributed by atoms with van der Waals surface area (Å²) in [5.41, 5.74) is 8.32. The second-order valence-electron chi connectivity index (χ2n) is 5.61. The standard InChI is InChI=1S/C19H23N3O2/c1-14-7-9-16(10-8-14)18(23)21-11-12-22-19(24)17(13-20)15-5-3-2-4-6-15/h2-10,17H,11-13,20H2,1H3,(H,21,23)(H,22,24). The third-order valence-electron chi connectivity index (χ3n) is 3.78. The van der Waals surface area contributed by atoms with Crippen LogP contribution in [0.1, 0.15) is 27.4 Å². The van der Waals surface area contributed by atoms with Gasteiger partial charge in [-0.05, 0) is 24.6 Å². The number of nitrogens with two attached hydrogens (primary N) is 1. The third kappa shape index (κ3) is 4.93. The molecule has 0 saturated carbocycles. The zero-order chi connectivity index (χ0) is 17.4. The van der Waals surface area contributed by atoms with E-state index in [0.29, 0.717) is 18.7 Å². The minimum atomic E-state index is -0.376. The maximum atomic E-state index is 12.2. The predicted octanol–water partition coefficient (Wildman–Crippen LogP) is 1.58. The number of hydrogen-bond acceptors (Lipinski definition) is 3. The Bertz CT molecular complexity index is 669. The van der Waals surface area contributed by atoms with Gasteiger partial charge in [-0.3, -0.25) is 9.59 Å². The maximum Gasteiger partial charge on any atom is 0.251 e. The Balaban J connectivity index is 1.78. The van der Waals surface area contributed by atoms with Gasteiger partial charge in [0, 0.05) is 25.2 Å². The van der Waals surface area contributed by atoms with Gasteiger partial charge in [-0.1, -0.05) is 48.0 Å². The minimum absolute atomic E-state index is 0.131. The number of amides is 2. The number of nitrogens with one attached hydrogen (secondary N) is 2. The van der Waals surface area contributed by atoms with Gasteiger partial charge in [0.1, 0.15) is 0 Å². The van der Waals surface area contributed by atoms with Gasteiger partial charge in [0.2, 0.25) is 5.91 Å². The molecule has 5 heteroatoms. The molecular weight excluding hydrogens is 302 g/mol. The van der Waals surface area contributed by atoms with Gasteiger partial charge in [-0.2, -0.15) is 0 Å². The molecule has 0 aliphatic heterocycles. The zero-order valence-electron chi connectivity index (χ0n) is 13.8. The van der Waals surface area contributed by atoms with Crippen molar-refractivity contribution in [3.8, 4) is 0 Å². The van der Waals surface area contributed by atoms with E-state index >= 15 is 0 Å². The van der Waals surface area contributed by atoms with Crippen LogP contribution < -0.4 is 16.4 Å². The number of carbonyl (C=O) groups excluding carboxylic acids is 2. The van der Waals surface area contributed by atoms with Crippen LogP contribution in [-0.4, -0.2) is 31.4 Å². The Labute approximate surface area is 142 Å². The summed E-state index contributed by atoms with van der Waals surface area (Å²) in [5, 5.41) is 5.60. The zero-order valence-corrected chi connectivity index (χ0v) is 13.8. The van der Waals surface area contributed by atoms with E-state index in [2.05, 4.69) is 10.6 Å². The van der Waals surface area contributed by atoms with Crippen molar-refractivity contribution in [1.82, 2.24) is 10.6 Å². The van der Waals surface area contributed by atoms with E-state index in [1.165, 1.54) is 0 Å². The average molecular weight is 325 g/mol. The highest BCUT2D eigenvalue weighted by atomic mass is 16.2. The molecule has 2 rings (SSSR count). The molecule has 1 unspecified atom stereocenters. The van der Waals surface area contributed by atoms with Crippen LogP contribution in [0.5, 0.6) is 0 Å². The van der Waals surface area contributed by atoms with E-state index in [1.807, 2.05) is 49.4 Å². The van der Waals surface area contributed by atoms with Crippen LogP contribution in [0, 0.1) is 6.92 Å². The summed E-state index contributed by atoms with van der Waals surface area (Å²) in [5.74, 6) is -0.657. The molecule has 5 nitrogen and oxygen atoms in total. The molecular formula is C19H23N3O2. The van der Waals surface area contributed by atoms with E-state index in [4.69, 9.17) is 5.73 Å². The van der Waals surface area contributed by atoms with Crippen molar-refractivity contribution in [2.24, 2.45) is 5.73 Å². The van der Waals surface area contributed by atoms with E-state index in [9.17, 15) is 9.59 Å². The molecule has 0 radical (unpaired) electrons. The fourth-order valence-corrected chi connectivity index (χ4v) is 2.37. The Morgan fingerprint density at radius 2 is 1.58 bits per heavy atom. The number of benzene rings is 2. The lowest BCUT2D eigenvalue weighted by Crippen LogP contribution is -2.38. The lowest BCUT2D eigenvalue weighted by atomic mass is 9.98. The normalized spacial score (nSPS) is 11.6. The van der Waals surface area contributed by atoms with Crippen molar-refractivity contribution in [1.29, 1.82) is 0 Å². The quantitative estimate of drug-likeness (QED) is 0.676. The highest BCUT2D eigenvalue weighted by Crippen LogP contribution is 2.13. The van der Waals surface area contributed by atoms with Gasteiger partial charge < -0.3 is 16.4 Å². The first kappa shape index (κ1) is 17.7. The third-order valence-corrected chi connectivity index (χ3v) is 3.78. The molecule has 126 valence electrons. The topological polar surface area (TPSA) is 84.2 Å². The molecule has 2 aromatic rings. The second-order valence-corrected chi connectivity index (χ2v) is 5.61. The van der Waals surface area contributed by atoms with Gasteiger partial charge in [0.05, 0.1) is 5.92 Å². The molecule has 1 atom stereocenters. The van der Waals surface area contributed by atoms with E-state index < -0.39 is 0 Å². The molecule has 0 spiro atoms. The van der Waals surface area contributed by atoms with Crippen molar-refractivity contribution in [2.45, 2.75) is 12.8 Å². The van der Waals surface area contributed by atoms with Crippen LogP contribution in [-0.2, 0) is 4.79 Å². The van der Waals surface area contributed by atoms with Crippen LogP contribution in [0.15, 0.2) is 54.6 Å². The van der Waals surface area contributed by atoms with E-state index in [-0.39, 0.29) is 24.3 Å². The van der Waals surface area contributed by atoms with Crippen molar-refractivity contribution in [2.75, 3.05) is 19.6 Å². The summed E-state index contributed by atoms with van der Waals surface area (Å²) in [7, 11) is 0. The van der Waals surface area contributed by atoms with E-state index in [1.54, 1.807) is 12.1 Å². The van der Waals surface area contributed by atoms with E-state index in [0.717, 1.165) is 11.1 Å². The summed E-state index contributed by atoms with van der Waals surface area (Å²) in [4.78, 5) is 24.2. The van der Waals surface area contributed by atoms with Crippen molar-refractivity contribution in [3.63, 3.8) is 0 Å². The summed E-state index contributed by atoms with van der Waals surface area (Å²) < 4.78 is 0. The van der Waals surface area contributed by atoms with Crippen molar-refractivity contribution >= 4 is 11.8 Å². The minimum Gasteiger partial charge on any atom is -0.354 e. The molecule has 0 fully saturated rings. The average Bonchev–Trinajstić information content (AvgIpc) is 2.61. The van der Waals surface area contributed by atoms with Gasteiger partial charge >= 0.3 is 0 Å². The van der Waals surface area contributed by atoms with Crippen LogP contribution in [0.2, 0.25) is 0 Å². The molecule has 0 heterocycles. The van der Waals surface area contributed by atoms with Gasteiger partial charge in [0.25, 0.3) is 5.91 Å². The molecule has 24 heavy (non-hydrogen) atoms. The number of aryl methyl sites for hydroxylation is 1. The Morgan fingerprint density at radius 3 is 2.21 bits per heavy atom. The number of hydrogen-bond donors (Lipinski definition) is 3. The van der Waals surface area contributed by atoms with Gasteiger partial charge in [-0.15, -0.1) is 0 Å². The summed E-state index contributed by atoms with van der Waals surface area (Å²) in [6.45, 7) is 2.94. The first-order valence-corrected chi connectivity index (χ1v) is 7.99. The lowest BCUT2D eigenvalue weighted by Gasteiger charge is -2.15. The smallest absolute Gasteiger partial charge is 0.251 e. The molecule has 0 aliphatic rings. The number of rotatable bonds is 7. The molecule has 2 aromatic carbocycles. The fourth-order valence-electron chi connectivity index (χ4n) is 2.37. The molecule has 0 aliphatic carbocycles. The van der Waals surface area contributed by atoms with Crippen LogP contribution >= 0.6 is 0 Å². The molecule has 0 saturated heterocycles. The van der Waals surface area contributed by atoms with Crippen molar-refractivity contribution < 1.29 is 9.59 Å². The lowest BCUT2D eigenvalue weighted by molar-refractivity contribution is -0.122. The van der Waals surface area contributed by atoms with Crippen LogP contribution in [0.3, 0.4) is 0 Å². The Kier molecular flexibility index (Phi) is 6.51. The Hall–Kier alpha value is -2.66. The summed E-state index contributed by atoms with van der Waals surface area (Å²) >= 11 is 0.